The van der Waals surface area contributed by atoms with Crippen LogP contribution in [0.1, 0.15) is 90.4 Å². The van der Waals surface area contributed by atoms with Crippen molar-refractivity contribution in [1.29, 1.82) is 0 Å². The van der Waals surface area contributed by atoms with E-state index in [-0.39, 0.29) is 42.0 Å². The van der Waals surface area contributed by atoms with Crippen molar-refractivity contribution >= 4 is 11.8 Å². The summed E-state index contributed by atoms with van der Waals surface area (Å²) >= 11 is 0. The number of aliphatic hydroxyl groups excluding tert-OH is 2. The van der Waals surface area contributed by atoms with Gasteiger partial charge in [0, 0.05) is 24.7 Å². The lowest BCUT2D eigenvalue weighted by molar-refractivity contribution is -0.137. The molecule has 0 aliphatic heterocycles. The summed E-state index contributed by atoms with van der Waals surface area (Å²) in [4.78, 5) is 22.8. The molecule has 0 bridgehead atoms. The minimum absolute atomic E-state index is 0.0819. The van der Waals surface area contributed by atoms with Gasteiger partial charge in [-0.2, -0.15) is 0 Å². The van der Waals surface area contributed by atoms with Gasteiger partial charge >= 0.3 is 5.97 Å². The highest BCUT2D eigenvalue weighted by Gasteiger charge is 2.42. The Morgan fingerprint density at radius 1 is 1.25 bits per heavy atom. The number of hydrogen-bond acceptors (Lipinski definition) is 4. The predicted molar refractivity (Wildman–Crippen MR) is 109 cm³/mol. The van der Waals surface area contributed by atoms with Gasteiger partial charge in [0.25, 0.3) is 0 Å². The number of aliphatic hydroxyl groups is 2. The Bertz CT molecular complexity index is 537. The van der Waals surface area contributed by atoms with Crippen LogP contribution in [-0.4, -0.2) is 39.3 Å². The molecular formula is C23H38O5. The molecule has 2 saturated carbocycles. The number of carbonyl (C=O) groups excluding carboxylic acids is 1. The van der Waals surface area contributed by atoms with E-state index in [2.05, 4.69) is 6.92 Å². The fourth-order valence-corrected chi connectivity index (χ4v) is 5.08. The van der Waals surface area contributed by atoms with Crippen LogP contribution in [-0.2, 0) is 9.59 Å². The van der Waals surface area contributed by atoms with Gasteiger partial charge in [0.1, 0.15) is 5.78 Å². The summed E-state index contributed by atoms with van der Waals surface area (Å²) in [5, 5.41) is 29.6. The molecule has 0 unspecified atom stereocenters. The Balaban J connectivity index is 1.79. The SMILES string of the molecule is CCCC1([C@H](O)C/C=C/[C@@H]2[C@H](CCCCCCC(=O)O)C(=O)C[C@@H]2O)CCC1. The van der Waals surface area contributed by atoms with Gasteiger partial charge in [0.15, 0.2) is 0 Å². The molecule has 2 aliphatic rings. The minimum Gasteiger partial charge on any atom is -0.481 e. The molecule has 3 N–H and O–H groups in total. The predicted octanol–water partition coefficient (Wildman–Crippen LogP) is 4.26. The number of carboxylic acids is 1. The second-order valence-electron chi connectivity index (χ2n) is 8.91. The van der Waals surface area contributed by atoms with Gasteiger partial charge in [-0.15, -0.1) is 0 Å². The summed E-state index contributed by atoms with van der Waals surface area (Å²) in [6.45, 7) is 2.16. The zero-order valence-electron chi connectivity index (χ0n) is 17.3. The molecule has 0 saturated heterocycles. The summed E-state index contributed by atoms with van der Waals surface area (Å²) in [5.41, 5.74) is 0.0819. The van der Waals surface area contributed by atoms with E-state index in [0.717, 1.165) is 51.4 Å². The summed E-state index contributed by atoms with van der Waals surface area (Å²) in [7, 11) is 0. The van der Waals surface area contributed by atoms with Crippen molar-refractivity contribution in [3.8, 4) is 0 Å². The van der Waals surface area contributed by atoms with Crippen molar-refractivity contribution in [3.05, 3.63) is 12.2 Å². The van der Waals surface area contributed by atoms with Gasteiger partial charge < -0.3 is 15.3 Å². The molecule has 0 spiro atoms. The normalized spacial score (nSPS) is 27.8. The topological polar surface area (TPSA) is 94.8 Å². The molecule has 160 valence electrons. The fourth-order valence-electron chi connectivity index (χ4n) is 5.08. The van der Waals surface area contributed by atoms with Crippen LogP contribution in [0.4, 0.5) is 0 Å². The van der Waals surface area contributed by atoms with Gasteiger partial charge in [0.2, 0.25) is 0 Å². The molecule has 0 aromatic carbocycles. The third-order valence-corrected chi connectivity index (χ3v) is 6.91. The lowest BCUT2D eigenvalue weighted by Gasteiger charge is -2.45. The molecule has 0 aromatic rings. The van der Waals surface area contributed by atoms with E-state index >= 15 is 0 Å². The monoisotopic (exact) mass is 394 g/mol. The minimum atomic E-state index is -0.760. The molecule has 5 heteroatoms. The van der Waals surface area contributed by atoms with Crippen LogP contribution in [0.25, 0.3) is 0 Å². The molecule has 2 rings (SSSR count). The third kappa shape index (κ3) is 6.15. The van der Waals surface area contributed by atoms with E-state index in [9.17, 15) is 19.8 Å². The van der Waals surface area contributed by atoms with Crippen LogP contribution in [0.2, 0.25) is 0 Å². The summed E-state index contributed by atoms with van der Waals surface area (Å²) < 4.78 is 0. The van der Waals surface area contributed by atoms with Gasteiger partial charge in [0.05, 0.1) is 12.2 Å². The molecule has 0 heterocycles. The van der Waals surface area contributed by atoms with Crippen molar-refractivity contribution in [2.24, 2.45) is 17.3 Å². The Labute approximate surface area is 169 Å². The van der Waals surface area contributed by atoms with Crippen LogP contribution >= 0.6 is 0 Å². The maximum atomic E-state index is 12.3. The van der Waals surface area contributed by atoms with Crippen LogP contribution in [0.5, 0.6) is 0 Å². The van der Waals surface area contributed by atoms with Crippen molar-refractivity contribution in [2.45, 2.75) is 103 Å². The van der Waals surface area contributed by atoms with Crippen LogP contribution in [0, 0.1) is 17.3 Å². The molecule has 4 atom stereocenters. The zero-order valence-corrected chi connectivity index (χ0v) is 17.3. The Kier molecular flexibility index (Phi) is 9.16. The number of hydrogen-bond donors (Lipinski definition) is 3. The largest absolute Gasteiger partial charge is 0.481 e. The summed E-state index contributed by atoms with van der Waals surface area (Å²) in [6, 6.07) is 0. The smallest absolute Gasteiger partial charge is 0.303 e. The average molecular weight is 395 g/mol. The number of carbonyl (C=O) groups is 2. The van der Waals surface area contributed by atoms with Gasteiger partial charge in [-0.3, -0.25) is 9.59 Å². The average Bonchev–Trinajstić information content (AvgIpc) is 2.87. The summed E-state index contributed by atoms with van der Waals surface area (Å²) in [6.07, 6.45) is 13.7. The van der Waals surface area contributed by atoms with Crippen molar-refractivity contribution in [3.63, 3.8) is 0 Å². The first-order valence-corrected chi connectivity index (χ1v) is 11.2. The highest BCUT2D eigenvalue weighted by molar-refractivity contribution is 5.84. The van der Waals surface area contributed by atoms with E-state index in [0.29, 0.717) is 12.8 Å². The zero-order chi connectivity index (χ0) is 20.6. The fraction of sp³-hybridized carbons (Fsp3) is 0.826. The molecule has 2 fully saturated rings. The summed E-state index contributed by atoms with van der Waals surface area (Å²) in [5.74, 6) is -0.919. The maximum Gasteiger partial charge on any atom is 0.303 e. The standard InChI is InChI=1S/C23H38O5/c1-2-13-23(14-8-15-23)21(26)11-7-10-18-17(19(24)16-20(18)25)9-5-3-4-6-12-22(27)28/h7,10,17-18,20-21,25-26H,2-6,8-9,11-16H2,1H3,(H,27,28)/b10-7+/t17-,18+,20-,21+/m0/s1. The lowest BCUT2D eigenvalue weighted by Crippen LogP contribution is -2.41. The molecule has 0 radical (unpaired) electrons. The molecule has 28 heavy (non-hydrogen) atoms. The molecule has 5 nitrogen and oxygen atoms in total. The van der Waals surface area contributed by atoms with Gasteiger partial charge in [-0.25, -0.2) is 0 Å². The van der Waals surface area contributed by atoms with E-state index < -0.39 is 12.1 Å². The van der Waals surface area contributed by atoms with E-state index in [1.54, 1.807) is 0 Å². The van der Waals surface area contributed by atoms with Crippen LogP contribution in [0.15, 0.2) is 12.2 Å². The first-order chi connectivity index (χ1) is 13.4. The van der Waals surface area contributed by atoms with E-state index in [1.165, 1.54) is 6.42 Å². The first kappa shape index (κ1) is 23.1. The highest BCUT2D eigenvalue weighted by Crippen LogP contribution is 2.48. The Morgan fingerprint density at radius 3 is 2.57 bits per heavy atom. The Morgan fingerprint density at radius 2 is 1.96 bits per heavy atom. The molecule has 2 aliphatic carbocycles. The van der Waals surface area contributed by atoms with Crippen molar-refractivity contribution < 1.29 is 24.9 Å². The first-order valence-electron chi connectivity index (χ1n) is 11.2. The number of unbranched alkanes of at least 4 members (excludes halogenated alkanes) is 3. The quantitative estimate of drug-likeness (QED) is 0.320. The van der Waals surface area contributed by atoms with Crippen molar-refractivity contribution in [1.82, 2.24) is 0 Å². The molecule has 0 aromatic heterocycles. The van der Waals surface area contributed by atoms with Gasteiger partial charge in [-0.05, 0) is 43.9 Å². The second kappa shape index (κ2) is 11.1. The third-order valence-electron chi connectivity index (χ3n) is 6.91. The van der Waals surface area contributed by atoms with Crippen LogP contribution in [0.3, 0.4) is 0 Å². The van der Waals surface area contributed by atoms with Crippen molar-refractivity contribution in [2.75, 3.05) is 0 Å². The molecular weight excluding hydrogens is 356 g/mol. The number of aliphatic carboxylic acids is 1. The van der Waals surface area contributed by atoms with E-state index in [4.69, 9.17) is 5.11 Å². The van der Waals surface area contributed by atoms with E-state index in [1.807, 2.05) is 12.2 Å². The molecule has 0 amide bonds. The van der Waals surface area contributed by atoms with Crippen LogP contribution < -0.4 is 0 Å². The highest BCUT2D eigenvalue weighted by atomic mass is 16.4. The number of carboxylic acid groups (broad SMARTS) is 1. The number of ketones is 1. The second-order valence-corrected chi connectivity index (χ2v) is 8.91. The lowest BCUT2D eigenvalue weighted by atomic mass is 9.62. The van der Waals surface area contributed by atoms with Gasteiger partial charge in [-0.1, -0.05) is 51.2 Å². The number of rotatable bonds is 13. The maximum absolute atomic E-state index is 12.3. The number of Topliss-reactive ketones (excluding diaryl/α,β-unsaturated/α-hetero) is 1. The Hall–Kier alpha value is -1.20.